The highest BCUT2D eigenvalue weighted by Gasteiger charge is 2.05. The molecule has 3 aromatic rings. The highest BCUT2D eigenvalue weighted by atomic mass is 79.9. The second-order valence-corrected chi connectivity index (χ2v) is 5.50. The van der Waals surface area contributed by atoms with E-state index in [1.54, 1.807) is 0 Å². The minimum atomic E-state index is 0.684. The Morgan fingerprint density at radius 2 is 2.16 bits per heavy atom. The van der Waals surface area contributed by atoms with E-state index in [0.29, 0.717) is 11.6 Å². The first-order valence-electron chi connectivity index (χ1n) is 5.84. The van der Waals surface area contributed by atoms with Crippen LogP contribution in [0, 0.1) is 0 Å². The Labute approximate surface area is 124 Å². The summed E-state index contributed by atoms with van der Waals surface area (Å²) in [6.45, 7) is 0.684. The lowest BCUT2D eigenvalue weighted by atomic mass is 10.2. The van der Waals surface area contributed by atoms with Gasteiger partial charge in [-0.3, -0.25) is 0 Å². The molecule has 3 rings (SSSR count). The van der Waals surface area contributed by atoms with Gasteiger partial charge in [0, 0.05) is 22.8 Å². The molecule has 0 radical (unpaired) electrons. The Balaban J connectivity index is 1.84. The van der Waals surface area contributed by atoms with Gasteiger partial charge >= 0.3 is 0 Å². The maximum absolute atomic E-state index is 6.15. The number of anilines is 1. The molecule has 0 aliphatic heterocycles. The van der Waals surface area contributed by atoms with E-state index in [1.807, 2.05) is 53.3 Å². The first-order chi connectivity index (χ1) is 9.24. The highest BCUT2D eigenvalue weighted by molar-refractivity contribution is 9.10. The molecule has 0 aliphatic carbocycles. The van der Waals surface area contributed by atoms with Crippen molar-refractivity contribution in [3.8, 4) is 0 Å². The first-order valence-corrected chi connectivity index (χ1v) is 7.01. The topological polar surface area (TPSA) is 29.3 Å². The minimum absolute atomic E-state index is 0.684. The summed E-state index contributed by atoms with van der Waals surface area (Å²) in [6, 6.07) is 11.8. The van der Waals surface area contributed by atoms with E-state index in [-0.39, 0.29) is 0 Å². The summed E-state index contributed by atoms with van der Waals surface area (Å²) < 4.78 is 2.86. The van der Waals surface area contributed by atoms with Crippen LogP contribution in [0.15, 0.2) is 53.3 Å². The first kappa shape index (κ1) is 12.5. The van der Waals surface area contributed by atoms with Gasteiger partial charge in [0.05, 0.1) is 22.4 Å². The fraction of sp³-hybridized carbons (Fsp3) is 0.0714. The maximum atomic E-state index is 6.15. The van der Waals surface area contributed by atoms with Gasteiger partial charge in [0.2, 0.25) is 0 Å². The molecule has 0 fully saturated rings. The zero-order chi connectivity index (χ0) is 13.2. The van der Waals surface area contributed by atoms with Crippen molar-refractivity contribution in [1.29, 1.82) is 0 Å². The van der Waals surface area contributed by atoms with Crippen LogP contribution in [0.5, 0.6) is 0 Å². The van der Waals surface area contributed by atoms with Crippen molar-refractivity contribution in [2.45, 2.75) is 6.54 Å². The zero-order valence-electron chi connectivity index (χ0n) is 9.98. The number of fused-ring (bicyclic) bond motifs is 1. The van der Waals surface area contributed by atoms with E-state index in [0.717, 1.165) is 21.2 Å². The monoisotopic (exact) mass is 335 g/mol. The third kappa shape index (κ3) is 2.60. The third-order valence-corrected chi connectivity index (χ3v) is 3.73. The molecule has 1 N–H and O–H groups in total. The maximum Gasteiger partial charge on any atom is 0.0711 e. The summed E-state index contributed by atoms with van der Waals surface area (Å²) >= 11 is 9.59. The predicted octanol–water partition coefficient (Wildman–Crippen LogP) is 4.36. The summed E-state index contributed by atoms with van der Waals surface area (Å²) in [5, 5.41) is 8.35. The largest absolute Gasteiger partial charge is 0.380 e. The Kier molecular flexibility index (Phi) is 3.44. The Hall–Kier alpha value is -1.52. The molecule has 0 bridgehead atoms. The van der Waals surface area contributed by atoms with Gasteiger partial charge in [-0.05, 0) is 30.3 Å². The van der Waals surface area contributed by atoms with Crippen molar-refractivity contribution in [1.82, 2.24) is 9.61 Å². The minimum Gasteiger partial charge on any atom is -0.380 e. The second kappa shape index (κ2) is 5.23. The lowest BCUT2D eigenvalue weighted by Gasteiger charge is -2.08. The van der Waals surface area contributed by atoms with Crippen LogP contribution in [-0.2, 0) is 6.54 Å². The van der Waals surface area contributed by atoms with Crippen LogP contribution in [0.2, 0.25) is 5.02 Å². The van der Waals surface area contributed by atoms with Gasteiger partial charge in [-0.2, -0.15) is 5.10 Å². The number of aromatic nitrogens is 2. The lowest BCUT2D eigenvalue weighted by molar-refractivity contribution is 0.961. The SMILES string of the molecule is Clc1ccc(Br)cc1NCc1cnn2ccccc12. The van der Waals surface area contributed by atoms with Crippen molar-refractivity contribution in [3.05, 3.63) is 63.9 Å². The summed E-state index contributed by atoms with van der Waals surface area (Å²) in [5.41, 5.74) is 3.14. The molecule has 3 nitrogen and oxygen atoms in total. The van der Waals surface area contributed by atoms with Crippen LogP contribution in [-0.4, -0.2) is 9.61 Å². The lowest BCUT2D eigenvalue weighted by Crippen LogP contribution is -1.99. The molecule has 0 saturated carbocycles. The Bertz CT molecular complexity index is 724. The standard InChI is InChI=1S/C14H11BrClN3/c15-11-4-5-12(16)13(7-11)17-8-10-9-18-19-6-2-1-3-14(10)19/h1-7,9,17H,8H2. The van der Waals surface area contributed by atoms with E-state index in [9.17, 15) is 0 Å². The number of hydrogen-bond acceptors (Lipinski definition) is 2. The number of nitrogens with zero attached hydrogens (tertiary/aromatic N) is 2. The number of nitrogens with one attached hydrogen (secondary N) is 1. The fourth-order valence-corrected chi connectivity index (χ4v) is 2.49. The van der Waals surface area contributed by atoms with Crippen molar-refractivity contribution in [2.24, 2.45) is 0 Å². The van der Waals surface area contributed by atoms with Crippen molar-refractivity contribution in [3.63, 3.8) is 0 Å². The summed E-state index contributed by atoms with van der Waals surface area (Å²) in [6.07, 6.45) is 3.80. The van der Waals surface area contributed by atoms with E-state index in [2.05, 4.69) is 26.3 Å². The number of benzene rings is 1. The van der Waals surface area contributed by atoms with Crippen molar-refractivity contribution < 1.29 is 0 Å². The van der Waals surface area contributed by atoms with Gasteiger partial charge in [-0.25, -0.2) is 4.52 Å². The Morgan fingerprint density at radius 1 is 1.26 bits per heavy atom. The Morgan fingerprint density at radius 3 is 3.05 bits per heavy atom. The van der Waals surface area contributed by atoms with Crippen LogP contribution < -0.4 is 5.32 Å². The van der Waals surface area contributed by atoms with Crippen molar-refractivity contribution in [2.75, 3.05) is 5.32 Å². The quantitative estimate of drug-likeness (QED) is 0.770. The van der Waals surface area contributed by atoms with Crippen LogP contribution in [0.25, 0.3) is 5.52 Å². The molecule has 0 amide bonds. The van der Waals surface area contributed by atoms with E-state index >= 15 is 0 Å². The third-order valence-electron chi connectivity index (χ3n) is 2.90. The van der Waals surface area contributed by atoms with Crippen LogP contribution in [0.1, 0.15) is 5.56 Å². The molecule has 1 aromatic carbocycles. The smallest absolute Gasteiger partial charge is 0.0711 e. The summed E-state index contributed by atoms with van der Waals surface area (Å²) in [5.74, 6) is 0. The molecule has 0 atom stereocenters. The van der Waals surface area contributed by atoms with Gasteiger partial charge in [-0.1, -0.05) is 33.6 Å². The molecular weight excluding hydrogens is 326 g/mol. The fourth-order valence-electron chi connectivity index (χ4n) is 1.95. The average molecular weight is 337 g/mol. The molecule has 96 valence electrons. The molecular formula is C14H11BrClN3. The summed E-state index contributed by atoms with van der Waals surface area (Å²) in [7, 11) is 0. The van der Waals surface area contributed by atoms with Gasteiger partial charge in [0.25, 0.3) is 0 Å². The van der Waals surface area contributed by atoms with Gasteiger partial charge in [-0.15, -0.1) is 0 Å². The molecule has 0 saturated heterocycles. The zero-order valence-corrected chi connectivity index (χ0v) is 12.3. The predicted molar refractivity (Wildman–Crippen MR) is 81.7 cm³/mol. The van der Waals surface area contributed by atoms with Crippen LogP contribution in [0.3, 0.4) is 0 Å². The van der Waals surface area contributed by atoms with Crippen molar-refractivity contribution >= 4 is 38.7 Å². The molecule has 2 aromatic heterocycles. The average Bonchev–Trinajstić information content (AvgIpc) is 2.83. The molecule has 0 aliphatic rings. The van der Waals surface area contributed by atoms with Gasteiger partial charge in [0.15, 0.2) is 0 Å². The van der Waals surface area contributed by atoms with Crippen LogP contribution in [0.4, 0.5) is 5.69 Å². The molecule has 0 spiro atoms. The number of rotatable bonds is 3. The van der Waals surface area contributed by atoms with E-state index in [1.165, 1.54) is 0 Å². The number of hydrogen-bond donors (Lipinski definition) is 1. The molecule has 2 heterocycles. The number of pyridine rings is 1. The van der Waals surface area contributed by atoms with Crippen LogP contribution >= 0.6 is 27.5 Å². The molecule has 0 unspecified atom stereocenters. The second-order valence-electron chi connectivity index (χ2n) is 4.18. The molecule has 5 heteroatoms. The highest BCUT2D eigenvalue weighted by Crippen LogP contribution is 2.26. The van der Waals surface area contributed by atoms with E-state index < -0.39 is 0 Å². The molecule has 19 heavy (non-hydrogen) atoms. The summed E-state index contributed by atoms with van der Waals surface area (Å²) in [4.78, 5) is 0. The van der Waals surface area contributed by atoms with Gasteiger partial charge < -0.3 is 5.32 Å². The normalized spacial score (nSPS) is 10.8. The van der Waals surface area contributed by atoms with Gasteiger partial charge in [0.1, 0.15) is 0 Å². The number of halogens is 2. The van der Waals surface area contributed by atoms with E-state index in [4.69, 9.17) is 11.6 Å².